The van der Waals surface area contributed by atoms with Crippen molar-refractivity contribution < 1.29 is 9.59 Å². The molecule has 5 rings (SSSR count). The summed E-state index contributed by atoms with van der Waals surface area (Å²) in [6.07, 6.45) is 8.02. The van der Waals surface area contributed by atoms with Crippen LogP contribution >= 0.6 is 0 Å². The third-order valence-electron chi connectivity index (χ3n) is 7.84. The lowest BCUT2D eigenvalue weighted by molar-refractivity contribution is -0.114. The van der Waals surface area contributed by atoms with Crippen LogP contribution in [0.15, 0.2) is 54.3 Å². The van der Waals surface area contributed by atoms with Crippen molar-refractivity contribution in [2.75, 3.05) is 19.6 Å². The van der Waals surface area contributed by atoms with Crippen LogP contribution in [0.4, 0.5) is 0 Å². The largest absolute Gasteiger partial charge is 0.366 e. The molecule has 2 amide bonds. The quantitative estimate of drug-likeness (QED) is 0.365. The van der Waals surface area contributed by atoms with Crippen LogP contribution in [0.3, 0.4) is 0 Å². The molecular weight excluding hydrogens is 470 g/mol. The Balaban J connectivity index is 1.47. The molecule has 1 aliphatic heterocycles. The summed E-state index contributed by atoms with van der Waals surface area (Å²) in [6, 6.07) is 7.62. The van der Waals surface area contributed by atoms with E-state index in [0.29, 0.717) is 36.5 Å². The van der Waals surface area contributed by atoms with Gasteiger partial charge in [-0.3, -0.25) is 9.59 Å². The van der Waals surface area contributed by atoms with Crippen molar-refractivity contribution in [3.05, 3.63) is 76.8 Å². The van der Waals surface area contributed by atoms with E-state index in [0.717, 1.165) is 36.2 Å². The summed E-state index contributed by atoms with van der Waals surface area (Å²) in [7, 11) is 0. The molecule has 0 radical (unpaired) electrons. The van der Waals surface area contributed by atoms with Crippen molar-refractivity contribution in [2.24, 2.45) is 17.4 Å². The lowest BCUT2D eigenvalue weighted by Crippen LogP contribution is -2.39. The molecule has 11 heteroatoms. The van der Waals surface area contributed by atoms with E-state index in [1.54, 1.807) is 18.2 Å². The lowest BCUT2D eigenvalue weighted by atomic mass is 9.68. The molecule has 0 saturated carbocycles. The predicted octanol–water partition coefficient (Wildman–Crippen LogP) is 0.761. The Morgan fingerprint density at radius 3 is 2.86 bits per heavy atom. The molecular formula is C26H29N9O2. The van der Waals surface area contributed by atoms with E-state index in [-0.39, 0.29) is 17.9 Å². The average Bonchev–Trinajstić information content (AvgIpc) is 3.65. The third-order valence-corrected chi connectivity index (χ3v) is 7.84. The molecule has 3 aliphatic rings. The number of primary amides is 2. The number of nitrogens with zero attached hydrogens (tertiary/aromatic N) is 5. The van der Waals surface area contributed by atoms with Crippen LogP contribution in [0.2, 0.25) is 0 Å². The molecule has 6 N–H and O–H groups in total. The number of likely N-dealkylation sites (tertiary alicyclic amines) is 1. The van der Waals surface area contributed by atoms with Crippen molar-refractivity contribution in [3.8, 4) is 6.07 Å². The second-order valence-electron chi connectivity index (χ2n) is 9.74. The maximum Gasteiger partial charge on any atom is 0.248 e. The van der Waals surface area contributed by atoms with E-state index >= 15 is 0 Å². The van der Waals surface area contributed by atoms with Crippen LogP contribution in [0.1, 0.15) is 52.5 Å². The fraction of sp³-hybridized carbons (Fsp3) is 0.385. The van der Waals surface area contributed by atoms with E-state index < -0.39 is 17.2 Å². The van der Waals surface area contributed by atoms with Gasteiger partial charge in [-0.05, 0) is 49.1 Å². The van der Waals surface area contributed by atoms with Gasteiger partial charge in [0.15, 0.2) is 5.82 Å². The van der Waals surface area contributed by atoms with Crippen LogP contribution in [0.25, 0.3) is 0 Å². The molecule has 0 bridgehead atoms. The van der Waals surface area contributed by atoms with Crippen LogP contribution in [-0.4, -0.2) is 63.0 Å². The number of carbonyl (C=O) groups is 2. The van der Waals surface area contributed by atoms with Crippen LogP contribution < -0.4 is 16.8 Å². The van der Waals surface area contributed by atoms with Gasteiger partial charge in [0, 0.05) is 41.8 Å². The highest BCUT2D eigenvalue weighted by Gasteiger charge is 2.54. The number of H-pyrrole nitrogens is 1. The molecule has 4 atom stereocenters. The highest BCUT2D eigenvalue weighted by molar-refractivity contribution is 5.96. The second kappa shape index (κ2) is 9.63. The number of nitriles is 1. The normalized spacial score (nSPS) is 25.8. The zero-order chi connectivity index (χ0) is 26.2. The molecule has 2 aromatic rings. The summed E-state index contributed by atoms with van der Waals surface area (Å²) in [4.78, 5) is 26.0. The van der Waals surface area contributed by atoms with E-state index in [1.165, 1.54) is 0 Å². The Bertz CT molecular complexity index is 1340. The van der Waals surface area contributed by atoms with Crippen molar-refractivity contribution >= 4 is 11.8 Å². The minimum absolute atomic E-state index is 0.125. The Hall–Kier alpha value is -4.30. The number of tetrazole rings is 1. The first-order valence-electron chi connectivity index (χ1n) is 12.3. The fourth-order valence-corrected chi connectivity index (χ4v) is 6.11. The van der Waals surface area contributed by atoms with Gasteiger partial charge in [0.05, 0.1) is 11.5 Å². The van der Waals surface area contributed by atoms with Gasteiger partial charge in [-0.2, -0.15) is 10.5 Å². The standard InChI is InChI=1S/C26H29N9O2/c1-15(35-10-2-3-18(35)13-27)14-30-9-8-26(25-31-33-34-32-25)21-6-4-16(23(28)36)11-19(21)20-12-17(24(29)37)5-7-22(20)26/h4-7,11-12,18-19,21,30H,1-3,8-10,14H2,(H2,28,36)(H2,29,37)(H,31,32,33,34). The van der Waals surface area contributed by atoms with Crippen molar-refractivity contribution in [1.82, 2.24) is 30.8 Å². The SMILES string of the molecule is C=C(CNCCC1(c2nn[nH]n2)c2ccc(C(N)=O)cc2C2C=C(C(N)=O)C=CC21)N1CCCC1C#N. The highest BCUT2D eigenvalue weighted by atomic mass is 16.1. The first-order chi connectivity index (χ1) is 17.9. The molecule has 37 heavy (non-hydrogen) atoms. The first kappa shape index (κ1) is 24.4. The van der Waals surface area contributed by atoms with Gasteiger partial charge in [-0.25, -0.2) is 0 Å². The molecule has 4 unspecified atom stereocenters. The summed E-state index contributed by atoms with van der Waals surface area (Å²) in [5.74, 6) is -0.885. The van der Waals surface area contributed by atoms with Gasteiger partial charge in [-0.1, -0.05) is 36.1 Å². The molecule has 11 nitrogen and oxygen atoms in total. The third kappa shape index (κ3) is 4.09. The number of hydrogen-bond donors (Lipinski definition) is 4. The Morgan fingerprint density at radius 2 is 2.16 bits per heavy atom. The number of nitrogens with two attached hydrogens (primary N) is 2. The van der Waals surface area contributed by atoms with Crippen LogP contribution in [-0.2, 0) is 10.2 Å². The maximum atomic E-state index is 12.0. The van der Waals surface area contributed by atoms with E-state index in [1.807, 2.05) is 18.2 Å². The first-order valence-corrected chi connectivity index (χ1v) is 12.3. The van der Waals surface area contributed by atoms with Gasteiger partial charge in [0.25, 0.3) is 0 Å². The smallest absolute Gasteiger partial charge is 0.248 e. The van der Waals surface area contributed by atoms with Crippen molar-refractivity contribution in [2.45, 2.75) is 36.6 Å². The maximum absolute atomic E-state index is 12.0. The van der Waals surface area contributed by atoms with Crippen molar-refractivity contribution in [1.29, 1.82) is 5.26 Å². The van der Waals surface area contributed by atoms with Gasteiger partial charge in [0.1, 0.15) is 6.04 Å². The molecule has 190 valence electrons. The fourth-order valence-electron chi connectivity index (χ4n) is 6.11. The molecule has 1 aromatic carbocycles. The Kier molecular flexibility index (Phi) is 6.35. The second-order valence-corrected chi connectivity index (χ2v) is 9.74. The topological polar surface area (TPSA) is 180 Å². The molecule has 1 fully saturated rings. The van der Waals surface area contributed by atoms with E-state index in [2.05, 4.69) is 43.5 Å². The summed E-state index contributed by atoms with van der Waals surface area (Å²) < 4.78 is 0. The van der Waals surface area contributed by atoms with Gasteiger partial charge in [0.2, 0.25) is 11.8 Å². The minimum Gasteiger partial charge on any atom is -0.366 e. The number of benzene rings is 1. The Labute approximate surface area is 214 Å². The summed E-state index contributed by atoms with van der Waals surface area (Å²) in [5, 5.41) is 28.1. The Morgan fingerprint density at radius 1 is 1.32 bits per heavy atom. The monoisotopic (exact) mass is 499 g/mol. The molecule has 1 aromatic heterocycles. The molecule has 2 heterocycles. The van der Waals surface area contributed by atoms with E-state index in [4.69, 9.17) is 11.5 Å². The number of aromatic nitrogens is 4. The number of carbonyl (C=O) groups excluding carboxylic acids is 2. The van der Waals surface area contributed by atoms with Gasteiger partial charge >= 0.3 is 0 Å². The predicted molar refractivity (Wildman–Crippen MR) is 135 cm³/mol. The minimum atomic E-state index is -0.684. The summed E-state index contributed by atoms with van der Waals surface area (Å²) in [5.41, 5.74) is 14.0. The average molecular weight is 500 g/mol. The van der Waals surface area contributed by atoms with Crippen LogP contribution in [0.5, 0.6) is 0 Å². The number of hydrogen-bond acceptors (Lipinski definition) is 8. The van der Waals surface area contributed by atoms with Crippen molar-refractivity contribution in [3.63, 3.8) is 0 Å². The number of nitrogens with one attached hydrogen (secondary N) is 2. The van der Waals surface area contributed by atoms with Gasteiger partial charge < -0.3 is 21.7 Å². The van der Waals surface area contributed by atoms with E-state index in [9.17, 15) is 14.9 Å². The van der Waals surface area contributed by atoms with Crippen LogP contribution in [0, 0.1) is 17.2 Å². The molecule has 0 spiro atoms. The molecule has 2 aliphatic carbocycles. The number of aromatic amines is 1. The number of allylic oxidation sites excluding steroid dienone is 2. The number of fused-ring (bicyclic) bond motifs is 3. The summed E-state index contributed by atoms with van der Waals surface area (Å²) >= 11 is 0. The number of rotatable bonds is 9. The van der Waals surface area contributed by atoms with Gasteiger partial charge in [-0.15, -0.1) is 10.2 Å². The number of amides is 2. The zero-order valence-corrected chi connectivity index (χ0v) is 20.4. The lowest BCUT2D eigenvalue weighted by Gasteiger charge is -2.35. The summed E-state index contributed by atoms with van der Waals surface area (Å²) in [6.45, 7) is 6.17. The highest BCUT2D eigenvalue weighted by Crippen LogP contribution is 2.57. The molecule has 1 saturated heterocycles. The zero-order valence-electron chi connectivity index (χ0n) is 20.4.